The molecular weight excluding hydrogens is 312 g/mol. The molecule has 2 atom stereocenters. The van der Waals surface area contributed by atoms with Gasteiger partial charge < -0.3 is 0 Å². The zero-order valence-corrected chi connectivity index (χ0v) is 17.5. The highest BCUT2D eigenvalue weighted by Crippen LogP contribution is 2.27. The summed E-state index contributed by atoms with van der Waals surface area (Å²) in [5.74, 6) is 3.93. The molecule has 3 aliphatic carbocycles. The van der Waals surface area contributed by atoms with Gasteiger partial charge in [-0.3, -0.25) is 0 Å². The SMILES string of the molecule is C.C.CC1=CCC(C)CC1.CC1=CCC(C)CC1.CC1CCC(C)CC1.[2HH]. The van der Waals surface area contributed by atoms with Crippen LogP contribution in [0.2, 0.25) is 0 Å². The quantitative estimate of drug-likeness (QED) is 0.373. The van der Waals surface area contributed by atoms with Crippen LogP contribution in [-0.4, -0.2) is 0 Å². The molecule has 0 aliphatic heterocycles. The van der Waals surface area contributed by atoms with E-state index in [9.17, 15) is 0 Å². The maximum absolute atomic E-state index is 2.37. The molecule has 0 aromatic heterocycles. The second-order valence-corrected chi connectivity index (χ2v) is 9.23. The van der Waals surface area contributed by atoms with Crippen LogP contribution in [0.25, 0.3) is 0 Å². The monoisotopic (exact) mass is 367 g/mol. The minimum absolute atomic E-state index is 0. The Labute approximate surface area is 169 Å². The van der Waals surface area contributed by atoms with Crippen LogP contribution in [0.3, 0.4) is 0 Å². The molecule has 2 unspecified atom stereocenters. The van der Waals surface area contributed by atoms with Gasteiger partial charge in [-0.25, -0.2) is 0 Å². The average Bonchev–Trinajstić information content (AvgIpc) is 2.57. The van der Waals surface area contributed by atoms with Crippen molar-refractivity contribution in [1.82, 2.24) is 0 Å². The van der Waals surface area contributed by atoms with Crippen molar-refractivity contribution in [3.63, 3.8) is 0 Å². The van der Waals surface area contributed by atoms with Gasteiger partial charge in [0.2, 0.25) is 0 Å². The van der Waals surface area contributed by atoms with Gasteiger partial charge in [0, 0.05) is 1.43 Å². The lowest BCUT2D eigenvalue weighted by Gasteiger charge is -2.22. The van der Waals surface area contributed by atoms with Crippen molar-refractivity contribution in [2.75, 3.05) is 0 Å². The van der Waals surface area contributed by atoms with E-state index < -0.39 is 0 Å². The van der Waals surface area contributed by atoms with Crippen molar-refractivity contribution >= 4 is 0 Å². The second-order valence-electron chi connectivity index (χ2n) is 9.23. The fraction of sp³-hybridized carbons (Fsp3) is 0.846. The van der Waals surface area contributed by atoms with Crippen LogP contribution in [-0.2, 0) is 0 Å². The summed E-state index contributed by atoms with van der Waals surface area (Å²) in [4.78, 5) is 0. The first-order chi connectivity index (χ1) is 11.4. The van der Waals surface area contributed by atoms with Crippen molar-refractivity contribution in [3.8, 4) is 0 Å². The van der Waals surface area contributed by atoms with Gasteiger partial charge in [0.1, 0.15) is 0 Å². The van der Waals surface area contributed by atoms with Gasteiger partial charge in [-0.15, -0.1) is 0 Å². The van der Waals surface area contributed by atoms with E-state index in [1.165, 1.54) is 64.2 Å². The van der Waals surface area contributed by atoms with E-state index in [0.717, 1.165) is 23.7 Å². The minimum atomic E-state index is 0. The second kappa shape index (κ2) is 15.5. The first kappa shape index (κ1) is 27.7. The van der Waals surface area contributed by atoms with Gasteiger partial charge in [-0.05, 0) is 76.0 Å². The standard InChI is InChI=1S/C8H16.2C8H14.2CH4.H2/c3*1-7-3-5-8(2)6-4-7;;;/h7-8H,3-6H2,1-2H3;2*3,8H,4-6H2,1-2H3;2*1H4;1H/i;;;;;1+1. The highest BCUT2D eigenvalue weighted by atomic mass is 14.2. The third-order valence-corrected chi connectivity index (χ3v) is 6.10. The van der Waals surface area contributed by atoms with E-state index in [4.69, 9.17) is 0 Å². The maximum Gasteiger partial charge on any atom is 0 e. The molecule has 0 heteroatoms. The molecule has 0 bridgehead atoms. The van der Waals surface area contributed by atoms with E-state index in [0.29, 0.717) is 0 Å². The number of rotatable bonds is 0. The lowest BCUT2D eigenvalue weighted by Crippen LogP contribution is -2.08. The van der Waals surface area contributed by atoms with Gasteiger partial charge in [0.25, 0.3) is 0 Å². The molecule has 0 aromatic carbocycles. The third kappa shape index (κ3) is 13.7. The topological polar surface area (TPSA) is 0 Å². The van der Waals surface area contributed by atoms with Crippen LogP contribution >= 0.6 is 0 Å². The van der Waals surface area contributed by atoms with E-state index in [1.54, 1.807) is 11.1 Å². The molecule has 1 saturated carbocycles. The summed E-state index contributed by atoms with van der Waals surface area (Å²) in [5.41, 5.74) is 3.17. The van der Waals surface area contributed by atoms with Crippen LogP contribution in [0.15, 0.2) is 23.3 Å². The number of allylic oxidation sites excluding steroid dienone is 4. The Morgan fingerprint density at radius 1 is 0.577 bits per heavy atom. The number of hydrogen-bond acceptors (Lipinski definition) is 0. The summed E-state index contributed by atoms with van der Waals surface area (Å²) in [5, 5.41) is 0. The van der Waals surface area contributed by atoms with Crippen molar-refractivity contribution in [2.45, 2.75) is 121 Å². The summed E-state index contributed by atoms with van der Waals surface area (Å²) < 4.78 is 0. The molecule has 0 spiro atoms. The van der Waals surface area contributed by atoms with E-state index in [-0.39, 0.29) is 16.3 Å². The van der Waals surface area contributed by atoms with Crippen LogP contribution in [0.4, 0.5) is 0 Å². The van der Waals surface area contributed by atoms with Gasteiger partial charge in [-0.1, -0.05) is 91.5 Å². The molecule has 0 aromatic rings. The molecule has 3 rings (SSSR count). The van der Waals surface area contributed by atoms with E-state index >= 15 is 0 Å². The van der Waals surface area contributed by atoms with Crippen LogP contribution < -0.4 is 0 Å². The molecule has 0 amide bonds. The Kier molecular flexibility index (Phi) is 16.5. The molecular formula is C26H54. The van der Waals surface area contributed by atoms with Crippen molar-refractivity contribution in [2.24, 2.45) is 23.7 Å². The van der Waals surface area contributed by atoms with Gasteiger partial charge in [0.15, 0.2) is 0 Å². The van der Waals surface area contributed by atoms with Crippen LogP contribution in [0.5, 0.6) is 0 Å². The summed E-state index contributed by atoms with van der Waals surface area (Å²) in [6.45, 7) is 13.8. The Morgan fingerprint density at radius 3 is 1.08 bits per heavy atom. The highest BCUT2D eigenvalue weighted by molar-refractivity contribution is 5.02. The molecule has 0 N–H and O–H groups in total. The molecule has 0 heterocycles. The molecule has 1 fully saturated rings. The summed E-state index contributed by atoms with van der Waals surface area (Å²) in [6.07, 6.45) is 18.7. The van der Waals surface area contributed by atoms with Crippen molar-refractivity contribution in [1.29, 1.82) is 0 Å². The van der Waals surface area contributed by atoms with Crippen molar-refractivity contribution in [3.05, 3.63) is 23.3 Å². The Hall–Kier alpha value is -0.520. The van der Waals surface area contributed by atoms with Gasteiger partial charge >= 0.3 is 0 Å². The van der Waals surface area contributed by atoms with E-state index in [2.05, 4.69) is 53.7 Å². The smallest absolute Gasteiger partial charge is 0 e. The number of hydrogen-bond donors (Lipinski definition) is 0. The first-order valence-electron chi connectivity index (χ1n) is 10.7. The highest BCUT2D eigenvalue weighted by Gasteiger charge is 2.13. The zero-order valence-electron chi connectivity index (χ0n) is 17.5. The molecule has 26 heavy (non-hydrogen) atoms. The molecule has 158 valence electrons. The third-order valence-electron chi connectivity index (χ3n) is 6.10. The summed E-state index contributed by atoms with van der Waals surface area (Å²) in [6, 6.07) is 0. The molecule has 0 saturated heterocycles. The lowest BCUT2D eigenvalue weighted by atomic mass is 9.84. The summed E-state index contributed by atoms with van der Waals surface area (Å²) in [7, 11) is 0. The zero-order chi connectivity index (χ0) is 17.9. The minimum Gasteiger partial charge on any atom is -0.0853 e. The lowest BCUT2D eigenvalue weighted by molar-refractivity contribution is 0.308. The van der Waals surface area contributed by atoms with Gasteiger partial charge in [0.05, 0.1) is 0 Å². The molecule has 0 radical (unpaired) electrons. The normalized spacial score (nSPS) is 30.5. The maximum atomic E-state index is 2.37. The van der Waals surface area contributed by atoms with Crippen molar-refractivity contribution < 1.29 is 1.43 Å². The molecule has 0 nitrogen and oxygen atoms in total. The predicted octanol–water partition coefficient (Wildman–Crippen LogP) is 9.86. The predicted molar refractivity (Wildman–Crippen MR) is 126 cm³/mol. The largest absolute Gasteiger partial charge is 0.0853 e. The Bertz CT molecular complexity index is 347. The summed E-state index contributed by atoms with van der Waals surface area (Å²) >= 11 is 0. The van der Waals surface area contributed by atoms with Gasteiger partial charge in [-0.2, -0.15) is 0 Å². The first-order valence-corrected chi connectivity index (χ1v) is 10.7. The Balaban J connectivity index is -0.000000303. The fourth-order valence-corrected chi connectivity index (χ4v) is 3.62. The molecule has 3 aliphatic rings. The average molecular weight is 368 g/mol. The van der Waals surface area contributed by atoms with Crippen LogP contribution in [0, 0.1) is 23.7 Å². The fourth-order valence-electron chi connectivity index (χ4n) is 3.62. The van der Waals surface area contributed by atoms with Crippen LogP contribution in [0.1, 0.15) is 122 Å². The Morgan fingerprint density at radius 2 is 0.885 bits per heavy atom. The van der Waals surface area contributed by atoms with E-state index in [1.807, 2.05) is 0 Å².